The number of amides is 1. The zero-order valence-electron chi connectivity index (χ0n) is 14.1. The Morgan fingerprint density at radius 2 is 2.00 bits per heavy atom. The molecule has 1 aliphatic carbocycles. The quantitative estimate of drug-likeness (QED) is 0.713. The summed E-state index contributed by atoms with van der Waals surface area (Å²) in [5, 5.41) is 12.4. The lowest BCUT2D eigenvalue weighted by Gasteiger charge is -2.27. The van der Waals surface area contributed by atoms with Crippen molar-refractivity contribution in [1.82, 2.24) is 24.9 Å². The van der Waals surface area contributed by atoms with Crippen LogP contribution < -0.4 is 10.5 Å². The minimum atomic E-state index is -2.52. The number of rotatable bonds is 7. The molecule has 1 fully saturated rings. The second-order valence-electron chi connectivity index (χ2n) is 6.38. The standard InChI is InChI=1S/C16H20F2N6OS/c17-16(18)7-5-11(6-8-16)10-24-22-15(21-23-24)12-1-3-13(4-2-12)26-20-9-14(19)25/h1-4,11,20H,5-10H2,(H2,19,25). The average Bonchev–Trinajstić information content (AvgIpc) is 3.06. The number of nitrogens with two attached hydrogens (primary N) is 1. The van der Waals surface area contributed by atoms with E-state index in [0.717, 1.165) is 10.5 Å². The number of aromatic nitrogens is 4. The molecule has 3 rings (SSSR count). The van der Waals surface area contributed by atoms with Gasteiger partial charge in [0, 0.05) is 23.3 Å². The molecule has 0 saturated heterocycles. The third kappa shape index (κ3) is 5.21. The van der Waals surface area contributed by atoms with Gasteiger partial charge in [-0.25, -0.2) is 8.78 Å². The highest BCUT2D eigenvalue weighted by Gasteiger charge is 2.35. The second-order valence-corrected chi connectivity index (χ2v) is 7.35. The normalized spacial score (nSPS) is 17.3. The van der Waals surface area contributed by atoms with Gasteiger partial charge in [-0.2, -0.15) is 4.80 Å². The minimum Gasteiger partial charge on any atom is -0.369 e. The van der Waals surface area contributed by atoms with Crippen LogP contribution in [0.1, 0.15) is 25.7 Å². The third-order valence-electron chi connectivity index (χ3n) is 4.26. The Morgan fingerprint density at radius 3 is 2.65 bits per heavy atom. The van der Waals surface area contributed by atoms with Crippen LogP contribution in [0.2, 0.25) is 0 Å². The smallest absolute Gasteiger partial charge is 0.248 e. The van der Waals surface area contributed by atoms with Crippen LogP contribution in [-0.4, -0.2) is 38.6 Å². The van der Waals surface area contributed by atoms with Crippen LogP contribution >= 0.6 is 11.9 Å². The van der Waals surface area contributed by atoms with E-state index in [-0.39, 0.29) is 25.3 Å². The molecule has 1 aliphatic rings. The highest BCUT2D eigenvalue weighted by molar-refractivity contribution is 7.97. The molecule has 140 valence electrons. The summed E-state index contributed by atoms with van der Waals surface area (Å²) in [5.41, 5.74) is 5.87. The van der Waals surface area contributed by atoms with E-state index in [4.69, 9.17) is 5.73 Å². The van der Waals surface area contributed by atoms with Gasteiger partial charge in [-0.3, -0.25) is 9.52 Å². The lowest BCUT2D eigenvalue weighted by molar-refractivity contribution is -0.116. The van der Waals surface area contributed by atoms with E-state index in [2.05, 4.69) is 20.1 Å². The van der Waals surface area contributed by atoms with Crippen molar-refractivity contribution in [3.8, 4) is 11.4 Å². The number of carbonyl (C=O) groups excluding carboxylic acids is 1. The number of halogens is 2. The maximum absolute atomic E-state index is 13.2. The van der Waals surface area contributed by atoms with E-state index in [0.29, 0.717) is 25.2 Å². The topological polar surface area (TPSA) is 98.7 Å². The lowest BCUT2D eigenvalue weighted by atomic mass is 9.87. The molecule has 0 unspecified atom stereocenters. The monoisotopic (exact) mass is 382 g/mol. The summed E-state index contributed by atoms with van der Waals surface area (Å²) in [6.07, 6.45) is 0.826. The van der Waals surface area contributed by atoms with Gasteiger partial charge in [-0.1, -0.05) is 0 Å². The molecule has 2 aromatic rings. The summed E-state index contributed by atoms with van der Waals surface area (Å²) < 4.78 is 29.3. The number of carbonyl (C=O) groups is 1. The Balaban J connectivity index is 1.55. The van der Waals surface area contributed by atoms with Crippen LogP contribution in [0.4, 0.5) is 8.78 Å². The first-order valence-corrected chi connectivity index (χ1v) is 9.17. The van der Waals surface area contributed by atoms with Gasteiger partial charge in [0.05, 0.1) is 13.1 Å². The van der Waals surface area contributed by atoms with Gasteiger partial charge in [0.1, 0.15) is 0 Å². The van der Waals surface area contributed by atoms with Crippen LogP contribution in [0.5, 0.6) is 0 Å². The van der Waals surface area contributed by atoms with Crippen LogP contribution in [0.25, 0.3) is 11.4 Å². The van der Waals surface area contributed by atoms with Crippen LogP contribution in [0, 0.1) is 5.92 Å². The number of hydrogen-bond acceptors (Lipinski definition) is 6. The first-order chi connectivity index (χ1) is 12.4. The van der Waals surface area contributed by atoms with Crippen molar-refractivity contribution in [1.29, 1.82) is 0 Å². The van der Waals surface area contributed by atoms with Gasteiger partial charge < -0.3 is 5.73 Å². The molecule has 7 nitrogen and oxygen atoms in total. The van der Waals surface area contributed by atoms with Crippen LogP contribution in [0.15, 0.2) is 29.2 Å². The summed E-state index contributed by atoms with van der Waals surface area (Å²) in [6, 6.07) is 7.46. The zero-order chi connectivity index (χ0) is 18.6. The molecule has 1 aromatic carbocycles. The van der Waals surface area contributed by atoms with E-state index < -0.39 is 11.8 Å². The molecular weight excluding hydrogens is 362 g/mol. The summed E-state index contributed by atoms with van der Waals surface area (Å²) in [7, 11) is 0. The largest absolute Gasteiger partial charge is 0.369 e. The Morgan fingerprint density at radius 1 is 1.31 bits per heavy atom. The number of tetrazole rings is 1. The molecule has 0 atom stereocenters. The average molecular weight is 382 g/mol. The molecule has 10 heteroatoms. The van der Waals surface area contributed by atoms with Crippen LogP contribution in [0.3, 0.4) is 0 Å². The molecule has 1 aromatic heterocycles. The molecule has 3 N–H and O–H groups in total. The van der Waals surface area contributed by atoms with Crippen molar-refractivity contribution in [3.05, 3.63) is 24.3 Å². The number of alkyl halides is 2. The van der Waals surface area contributed by atoms with Gasteiger partial charge in [0.2, 0.25) is 17.7 Å². The number of hydrogen-bond donors (Lipinski definition) is 2. The minimum absolute atomic E-state index is 0.0673. The van der Waals surface area contributed by atoms with Gasteiger partial charge in [-0.05, 0) is 60.2 Å². The fourth-order valence-electron chi connectivity index (χ4n) is 2.81. The maximum atomic E-state index is 13.2. The fourth-order valence-corrected chi connectivity index (χ4v) is 3.47. The van der Waals surface area contributed by atoms with Crippen molar-refractivity contribution in [2.24, 2.45) is 11.7 Å². The lowest BCUT2D eigenvalue weighted by Crippen LogP contribution is -2.27. The second kappa shape index (κ2) is 8.09. The first-order valence-electron chi connectivity index (χ1n) is 8.35. The molecule has 0 aliphatic heterocycles. The predicted octanol–water partition coefficient (Wildman–Crippen LogP) is 2.25. The Kier molecular flexibility index (Phi) is 5.82. The Labute approximate surface area is 153 Å². The number of benzene rings is 1. The molecular formula is C16H20F2N6OS. The molecule has 0 spiro atoms. The summed E-state index contributed by atoms with van der Waals surface area (Å²) in [5.74, 6) is -2.29. The number of nitrogens with zero attached hydrogens (tertiary/aromatic N) is 4. The Bertz CT molecular complexity index is 741. The molecule has 0 radical (unpaired) electrons. The fraction of sp³-hybridized carbons (Fsp3) is 0.500. The summed E-state index contributed by atoms with van der Waals surface area (Å²) in [6.45, 7) is 0.601. The Hall–Kier alpha value is -2.07. The zero-order valence-corrected chi connectivity index (χ0v) is 14.9. The molecule has 1 amide bonds. The maximum Gasteiger partial charge on any atom is 0.248 e. The van der Waals surface area contributed by atoms with Crippen molar-refractivity contribution < 1.29 is 13.6 Å². The van der Waals surface area contributed by atoms with E-state index in [9.17, 15) is 13.6 Å². The number of primary amides is 1. The van der Waals surface area contributed by atoms with Crippen molar-refractivity contribution in [2.45, 2.75) is 43.0 Å². The highest BCUT2D eigenvalue weighted by atomic mass is 32.2. The van der Waals surface area contributed by atoms with Crippen LogP contribution in [-0.2, 0) is 11.3 Å². The first kappa shape index (κ1) is 18.7. The molecule has 1 heterocycles. The molecule has 26 heavy (non-hydrogen) atoms. The summed E-state index contributed by atoms with van der Waals surface area (Å²) >= 11 is 1.31. The van der Waals surface area contributed by atoms with Gasteiger partial charge in [0.25, 0.3) is 0 Å². The SMILES string of the molecule is NC(=O)CNSc1ccc(-c2nnn(CC3CCC(F)(F)CC3)n2)cc1. The van der Waals surface area contributed by atoms with E-state index >= 15 is 0 Å². The van der Waals surface area contributed by atoms with Gasteiger partial charge in [0.15, 0.2) is 0 Å². The van der Waals surface area contributed by atoms with Crippen molar-refractivity contribution in [3.63, 3.8) is 0 Å². The van der Waals surface area contributed by atoms with E-state index in [1.165, 1.54) is 16.7 Å². The third-order valence-corrected chi connectivity index (χ3v) is 5.06. The molecule has 0 bridgehead atoms. The summed E-state index contributed by atoms with van der Waals surface area (Å²) in [4.78, 5) is 13.1. The van der Waals surface area contributed by atoms with Crippen molar-refractivity contribution >= 4 is 17.9 Å². The predicted molar refractivity (Wildman–Crippen MR) is 93.2 cm³/mol. The van der Waals surface area contributed by atoms with Gasteiger partial charge >= 0.3 is 0 Å². The molecule has 1 saturated carbocycles. The van der Waals surface area contributed by atoms with Crippen molar-refractivity contribution in [2.75, 3.05) is 6.54 Å². The van der Waals surface area contributed by atoms with Gasteiger partial charge in [-0.15, -0.1) is 10.2 Å². The number of nitrogens with one attached hydrogen (secondary N) is 1. The highest BCUT2D eigenvalue weighted by Crippen LogP contribution is 2.36. The van der Waals surface area contributed by atoms with E-state index in [1.54, 1.807) is 0 Å². The van der Waals surface area contributed by atoms with E-state index in [1.807, 2.05) is 24.3 Å².